The van der Waals surface area contributed by atoms with Gasteiger partial charge in [0.25, 0.3) is 0 Å². The van der Waals surface area contributed by atoms with Gasteiger partial charge in [-0.2, -0.15) is 4.52 Å². The van der Waals surface area contributed by atoms with Crippen LogP contribution in [-0.4, -0.2) is 35.5 Å². The first-order valence-corrected chi connectivity index (χ1v) is 12.1. The number of rotatable bonds is 5. The predicted molar refractivity (Wildman–Crippen MR) is 142 cm³/mol. The van der Waals surface area contributed by atoms with Crippen molar-refractivity contribution >= 4 is 34.1 Å². The SMILES string of the molecule is CC(=O)NC(c1ccc(Cl)cc1)(c1ccc2c(c1)c(-c1ccccc1)cc1nnnn12)c1cncn1C. The Kier molecular flexibility index (Phi) is 5.46. The second-order valence-electron chi connectivity index (χ2n) is 8.93. The Labute approximate surface area is 217 Å². The van der Waals surface area contributed by atoms with Crippen molar-refractivity contribution in [2.24, 2.45) is 7.05 Å². The minimum atomic E-state index is -1.04. The Morgan fingerprint density at radius 1 is 0.973 bits per heavy atom. The lowest BCUT2D eigenvalue weighted by Crippen LogP contribution is -2.48. The highest BCUT2D eigenvalue weighted by Crippen LogP contribution is 2.40. The minimum absolute atomic E-state index is 0.185. The molecule has 3 heterocycles. The van der Waals surface area contributed by atoms with E-state index in [1.165, 1.54) is 6.92 Å². The predicted octanol–water partition coefficient (Wildman–Crippen LogP) is 4.76. The summed E-state index contributed by atoms with van der Waals surface area (Å²) >= 11 is 6.25. The zero-order valence-corrected chi connectivity index (χ0v) is 20.9. The number of carbonyl (C=O) groups excluding carboxylic acids is 1. The Morgan fingerprint density at radius 3 is 2.43 bits per heavy atom. The maximum Gasteiger partial charge on any atom is 0.218 e. The lowest BCUT2D eigenvalue weighted by atomic mass is 9.79. The molecular formula is C28H22ClN7O. The molecule has 37 heavy (non-hydrogen) atoms. The second kappa shape index (κ2) is 8.83. The van der Waals surface area contributed by atoms with Crippen LogP contribution in [0.25, 0.3) is 27.7 Å². The summed E-state index contributed by atoms with van der Waals surface area (Å²) in [5, 5.41) is 17.1. The highest BCUT2D eigenvalue weighted by Gasteiger charge is 2.40. The molecule has 6 aromatic rings. The molecule has 0 aliphatic heterocycles. The van der Waals surface area contributed by atoms with Gasteiger partial charge in [0.15, 0.2) is 5.65 Å². The number of halogens is 1. The fourth-order valence-electron chi connectivity index (χ4n) is 5.04. The van der Waals surface area contributed by atoms with Gasteiger partial charge in [-0.3, -0.25) is 4.79 Å². The Hall–Kier alpha value is -4.56. The molecule has 6 rings (SSSR count). The Balaban J connectivity index is 1.72. The number of aryl methyl sites for hydroxylation is 1. The van der Waals surface area contributed by atoms with E-state index in [0.29, 0.717) is 10.7 Å². The van der Waals surface area contributed by atoms with Gasteiger partial charge >= 0.3 is 0 Å². The van der Waals surface area contributed by atoms with E-state index in [2.05, 4.69) is 44.0 Å². The number of tetrazole rings is 1. The summed E-state index contributed by atoms with van der Waals surface area (Å²) in [5.74, 6) is -0.185. The van der Waals surface area contributed by atoms with Crippen LogP contribution in [0, 0.1) is 0 Å². The molecule has 1 unspecified atom stereocenters. The van der Waals surface area contributed by atoms with Crippen LogP contribution in [0.5, 0.6) is 0 Å². The van der Waals surface area contributed by atoms with Gasteiger partial charge in [0, 0.05) is 24.4 Å². The molecule has 1 atom stereocenters. The number of benzene rings is 3. The number of fused-ring (bicyclic) bond motifs is 3. The molecule has 3 aromatic carbocycles. The van der Waals surface area contributed by atoms with Gasteiger partial charge in [0.2, 0.25) is 5.91 Å². The van der Waals surface area contributed by atoms with E-state index >= 15 is 0 Å². The molecule has 1 amide bonds. The first kappa shape index (κ1) is 22.9. The van der Waals surface area contributed by atoms with Gasteiger partial charge in [0.05, 0.1) is 23.7 Å². The fraction of sp³-hybridized carbons (Fsp3) is 0.107. The van der Waals surface area contributed by atoms with Crippen molar-refractivity contribution in [1.82, 2.24) is 34.9 Å². The summed E-state index contributed by atoms with van der Waals surface area (Å²) in [5.41, 5.74) is 4.98. The standard InChI is InChI=1S/C28H22ClN7O/c1-18(37)31-28(26-16-30-17-35(26)2,20-8-11-22(29)12-9-20)21-10-13-25-24(14-21)23(19-6-4-3-5-7-19)15-27-32-33-34-36(25)27/h3-17H,1-2H3,(H,31,37). The first-order valence-electron chi connectivity index (χ1n) is 11.7. The maximum absolute atomic E-state index is 12.8. The van der Waals surface area contributed by atoms with Gasteiger partial charge in [-0.1, -0.05) is 60.1 Å². The molecule has 0 aliphatic carbocycles. The normalized spacial score (nSPS) is 13.1. The number of carbonyl (C=O) groups is 1. The van der Waals surface area contributed by atoms with Crippen LogP contribution in [-0.2, 0) is 17.4 Å². The highest BCUT2D eigenvalue weighted by atomic mass is 35.5. The third-order valence-electron chi connectivity index (χ3n) is 6.64. The van der Waals surface area contributed by atoms with Gasteiger partial charge < -0.3 is 9.88 Å². The van der Waals surface area contributed by atoms with Crippen LogP contribution in [0.1, 0.15) is 23.7 Å². The molecule has 0 aliphatic rings. The highest BCUT2D eigenvalue weighted by molar-refractivity contribution is 6.30. The number of hydrogen-bond acceptors (Lipinski definition) is 5. The van der Waals surface area contributed by atoms with E-state index in [1.54, 1.807) is 17.0 Å². The summed E-state index contributed by atoms with van der Waals surface area (Å²) in [6.45, 7) is 1.52. The smallest absolute Gasteiger partial charge is 0.218 e. The molecule has 0 fully saturated rings. The third-order valence-corrected chi connectivity index (χ3v) is 6.89. The topological polar surface area (TPSA) is 90.0 Å². The first-order chi connectivity index (χ1) is 18.0. The van der Waals surface area contributed by atoms with E-state index in [-0.39, 0.29) is 5.91 Å². The van der Waals surface area contributed by atoms with E-state index in [1.807, 2.05) is 72.3 Å². The number of amides is 1. The summed E-state index contributed by atoms with van der Waals surface area (Å²) in [6.07, 6.45) is 3.50. The number of nitrogens with zero attached hydrogens (tertiary/aromatic N) is 6. The van der Waals surface area contributed by atoms with Crippen molar-refractivity contribution in [2.45, 2.75) is 12.5 Å². The third kappa shape index (κ3) is 3.73. The van der Waals surface area contributed by atoms with Crippen LogP contribution in [0.2, 0.25) is 5.02 Å². The zero-order valence-electron chi connectivity index (χ0n) is 20.1. The van der Waals surface area contributed by atoms with Crippen molar-refractivity contribution in [1.29, 1.82) is 0 Å². The second-order valence-corrected chi connectivity index (χ2v) is 9.37. The van der Waals surface area contributed by atoms with Crippen molar-refractivity contribution in [2.75, 3.05) is 0 Å². The molecule has 0 radical (unpaired) electrons. The summed E-state index contributed by atoms with van der Waals surface area (Å²) in [6, 6.07) is 25.7. The average molecular weight is 508 g/mol. The number of nitrogens with one attached hydrogen (secondary N) is 1. The van der Waals surface area contributed by atoms with E-state index < -0.39 is 5.54 Å². The van der Waals surface area contributed by atoms with Gasteiger partial charge in [-0.15, -0.1) is 5.10 Å². The summed E-state index contributed by atoms with van der Waals surface area (Å²) in [7, 11) is 1.91. The van der Waals surface area contributed by atoms with Crippen LogP contribution in [0.3, 0.4) is 0 Å². The molecule has 8 nitrogen and oxygen atoms in total. The summed E-state index contributed by atoms with van der Waals surface area (Å²) in [4.78, 5) is 17.2. The van der Waals surface area contributed by atoms with Crippen molar-refractivity contribution in [3.05, 3.63) is 113 Å². The van der Waals surface area contributed by atoms with Gasteiger partial charge in [0.1, 0.15) is 5.54 Å². The van der Waals surface area contributed by atoms with E-state index in [9.17, 15) is 4.79 Å². The van der Waals surface area contributed by atoms with Crippen molar-refractivity contribution < 1.29 is 4.79 Å². The Bertz CT molecular complexity index is 1760. The van der Waals surface area contributed by atoms with Gasteiger partial charge in [-0.25, -0.2) is 4.98 Å². The molecule has 0 saturated carbocycles. The fourth-order valence-corrected chi connectivity index (χ4v) is 5.17. The maximum atomic E-state index is 12.8. The lowest BCUT2D eigenvalue weighted by molar-refractivity contribution is -0.120. The molecule has 3 aromatic heterocycles. The minimum Gasteiger partial charge on any atom is -0.337 e. The monoisotopic (exact) mass is 507 g/mol. The largest absolute Gasteiger partial charge is 0.337 e. The van der Waals surface area contributed by atoms with E-state index in [4.69, 9.17) is 11.6 Å². The van der Waals surface area contributed by atoms with Gasteiger partial charge in [-0.05, 0) is 63.0 Å². The van der Waals surface area contributed by atoms with Crippen LogP contribution in [0.15, 0.2) is 91.4 Å². The van der Waals surface area contributed by atoms with Crippen LogP contribution >= 0.6 is 11.6 Å². The molecule has 9 heteroatoms. The molecule has 0 saturated heterocycles. The molecule has 0 spiro atoms. The quantitative estimate of drug-likeness (QED) is 0.363. The number of pyridine rings is 1. The number of hydrogen-bond donors (Lipinski definition) is 1. The van der Waals surface area contributed by atoms with Crippen LogP contribution in [0.4, 0.5) is 0 Å². The number of imidazole rings is 1. The zero-order chi connectivity index (χ0) is 25.6. The average Bonchev–Trinajstić information content (AvgIpc) is 3.56. The lowest BCUT2D eigenvalue weighted by Gasteiger charge is -2.36. The molecular weight excluding hydrogens is 486 g/mol. The summed E-state index contributed by atoms with van der Waals surface area (Å²) < 4.78 is 3.63. The van der Waals surface area contributed by atoms with Crippen molar-refractivity contribution in [3.8, 4) is 11.1 Å². The van der Waals surface area contributed by atoms with E-state index in [0.717, 1.165) is 38.9 Å². The molecule has 0 bridgehead atoms. The Morgan fingerprint density at radius 2 is 1.73 bits per heavy atom. The van der Waals surface area contributed by atoms with Crippen molar-refractivity contribution in [3.63, 3.8) is 0 Å². The number of aromatic nitrogens is 6. The molecule has 1 N–H and O–H groups in total. The molecule has 182 valence electrons. The van der Waals surface area contributed by atoms with Crippen LogP contribution < -0.4 is 5.32 Å².